The second-order valence-corrected chi connectivity index (χ2v) is 7.90. The monoisotopic (exact) mass is 382 g/mol. The molecule has 4 nitrogen and oxygen atoms in total. The third kappa shape index (κ3) is 5.01. The Balaban J connectivity index is 1.54. The van der Waals surface area contributed by atoms with E-state index in [4.69, 9.17) is 16.3 Å². The summed E-state index contributed by atoms with van der Waals surface area (Å²) in [6.07, 6.45) is -0.136. The van der Waals surface area contributed by atoms with E-state index in [9.17, 15) is 9.18 Å². The van der Waals surface area contributed by atoms with Crippen LogP contribution in [0.3, 0.4) is 0 Å². The first-order valence-electron chi connectivity index (χ1n) is 8.09. The van der Waals surface area contributed by atoms with Gasteiger partial charge in [-0.05, 0) is 29.8 Å². The molecule has 0 aliphatic carbocycles. The van der Waals surface area contributed by atoms with Crippen LogP contribution in [0.1, 0.15) is 16.5 Å². The molecular weight excluding hydrogens is 363 g/mol. The molecule has 1 saturated heterocycles. The Morgan fingerprint density at radius 3 is 2.80 bits per heavy atom. The normalized spacial score (nSPS) is 18.3. The zero-order valence-corrected chi connectivity index (χ0v) is 15.5. The first kappa shape index (κ1) is 18.3. The van der Waals surface area contributed by atoms with Crippen LogP contribution >= 0.6 is 22.9 Å². The number of benzene rings is 1. The molecule has 2 aromatic rings. The number of nitrogens with zero attached hydrogens (tertiary/aromatic N) is 2. The summed E-state index contributed by atoms with van der Waals surface area (Å²) in [5.41, 5.74) is 0.931. The average molecular weight is 383 g/mol. The molecule has 0 N–H and O–H groups in total. The number of rotatable bonds is 5. The van der Waals surface area contributed by atoms with E-state index in [1.54, 1.807) is 24.1 Å². The second-order valence-electron chi connectivity index (χ2n) is 6.10. The molecule has 1 amide bonds. The molecule has 7 heteroatoms. The Labute approximate surface area is 155 Å². The Bertz CT molecular complexity index is 722. The summed E-state index contributed by atoms with van der Waals surface area (Å²) in [5.74, 6) is -0.203. The third-order valence-corrected chi connectivity index (χ3v) is 5.41. The molecule has 1 aromatic carbocycles. The standard InChI is InChI=1S/C18H20ClFN2O2S/c1-21(10-15-6-7-17(19)25-15)18(23)12-22-8-9-24-16(11-22)13-2-4-14(20)5-3-13/h2-7,16H,8-12H2,1H3/t16-/m1/s1. The Morgan fingerprint density at radius 2 is 2.12 bits per heavy atom. The first-order chi connectivity index (χ1) is 12.0. The molecule has 3 rings (SSSR count). The minimum Gasteiger partial charge on any atom is -0.371 e. The van der Waals surface area contributed by atoms with Gasteiger partial charge in [-0.3, -0.25) is 9.69 Å². The van der Waals surface area contributed by atoms with Crippen molar-refractivity contribution in [1.29, 1.82) is 0 Å². The maximum Gasteiger partial charge on any atom is 0.236 e. The zero-order chi connectivity index (χ0) is 17.8. The summed E-state index contributed by atoms with van der Waals surface area (Å²) >= 11 is 7.42. The molecule has 1 aromatic heterocycles. The molecule has 1 aliphatic heterocycles. The topological polar surface area (TPSA) is 32.8 Å². The maximum atomic E-state index is 13.1. The Hall–Kier alpha value is -1.47. The van der Waals surface area contributed by atoms with Gasteiger partial charge in [-0.2, -0.15) is 0 Å². The number of hydrogen-bond donors (Lipinski definition) is 0. The quantitative estimate of drug-likeness (QED) is 0.792. The molecule has 0 bridgehead atoms. The molecule has 0 radical (unpaired) electrons. The lowest BCUT2D eigenvalue weighted by Crippen LogP contribution is -2.44. The zero-order valence-electron chi connectivity index (χ0n) is 14.0. The van der Waals surface area contributed by atoms with Crippen molar-refractivity contribution in [3.05, 3.63) is 57.0 Å². The van der Waals surface area contributed by atoms with Crippen molar-refractivity contribution in [2.24, 2.45) is 0 Å². The molecule has 1 atom stereocenters. The number of thiophene rings is 1. The van der Waals surface area contributed by atoms with E-state index in [-0.39, 0.29) is 17.8 Å². The highest BCUT2D eigenvalue weighted by atomic mass is 35.5. The third-order valence-electron chi connectivity index (χ3n) is 4.20. The number of morpholine rings is 1. The average Bonchev–Trinajstić information content (AvgIpc) is 3.00. The fourth-order valence-corrected chi connectivity index (χ4v) is 3.94. The molecule has 2 heterocycles. The Kier molecular flexibility index (Phi) is 6.06. The van der Waals surface area contributed by atoms with Crippen molar-refractivity contribution in [3.63, 3.8) is 0 Å². The fraction of sp³-hybridized carbons (Fsp3) is 0.389. The second kappa shape index (κ2) is 8.27. The Morgan fingerprint density at radius 1 is 1.36 bits per heavy atom. The molecule has 134 valence electrons. The number of ether oxygens (including phenoxy) is 1. The predicted molar refractivity (Wildman–Crippen MR) is 97.3 cm³/mol. The van der Waals surface area contributed by atoms with E-state index in [0.29, 0.717) is 32.8 Å². The maximum absolute atomic E-state index is 13.1. The van der Waals surface area contributed by atoms with E-state index >= 15 is 0 Å². The minimum atomic E-state index is -0.262. The first-order valence-corrected chi connectivity index (χ1v) is 9.28. The van der Waals surface area contributed by atoms with E-state index in [0.717, 1.165) is 14.8 Å². The van der Waals surface area contributed by atoms with Crippen molar-refractivity contribution in [3.8, 4) is 0 Å². The molecule has 25 heavy (non-hydrogen) atoms. The van der Waals surface area contributed by atoms with Crippen molar-refractivity contribution in [1.82, 2.24) is 9.80 Å². The predicted octanol–water partition coefficient (Wildman–Crippen LogP) is 3.57. The lowest BCUT2D eigenvalue weighted by molar-refractivity contribution is -0.133. The molecular formula is C18H20ClFN2O2S. The van der Waals surface area contributed by atoms with E-state index < -0.39 is 0 Å². The summed E-state index contributed by atoms with van der Waals surface area (Å²) in [5, 5.41) is 0. The summed E-state index contributed by atoms with van der Waals surface area (Å²) in [6, 6.07) is 10.1. The van der Waals surface area contributed by atoms with Gasteiger partial charge in [0.1, 0.15) is 5.82 Å². The minimum absolute atomic E-state index is 0.0595. The van der Waals surface area contributed by atoms with Crippen LogP contribution in [0.2, 0.25) is 4.34 Å². The van der Waals surface area contributed by atoms with Crippen LogP contribution < -0.4 is 0 Å². The molecule has 1 aliphatic rings. The van der Waals surface area contributed by atoms with Crippen LogP contribution in [0.25, 0.3) is 0 Å². The molecule has 0 spiro atoms. The van der Waals surface area contributed by atoms with Crippen LogP contribution in [0.5, 0.6) is 0 Å². The van der Waals surface area contributed by atoms with E-state index in [2.05, 4.69) is 4.90 Å². The van der Waals surface area contributed by atoms with Gasteiger partial charge in [0.15, 0.2) is 0 Å². The molecule has 0 saturated carbocycles. The number of halogens is 2. The lowest BCUT2D eigenvalue weighted by Gasteiger charge is -2.33. The van der Waals surface area contributed by atoms with Crippen molar-refractivity contribution >= 4 is 28.8 Å². The summed E-state index contributed by atoms with van der Waals surface area (Å²) < 4.78 is 19.6. The van der Waals surface area contributed by atoms with Crippen LogP contribution in [0.4, 0.5) is 4.39 Å². The van der Waals surface area contributed by atoms with Crippen molar-refractivity contribution < 1.29 is 13.9 Å². The number of carbonyl (C=O) groups excluding carboxylic acids is 1. The molecule has 0 unspecified atom stereocenters. The van der Waals surface area contributed by atoms with Gasteiger partial charge < -0.3 is 9.64 Å². The van der Waals surface area contributed by atoms with Crippen LogP contribution in [0, 0.1) is 5.82 Å². The van der Waals surface area contributed by atoms with E-state index in [1.807, 2.05) is 12.1 Å². The highest BCUT2D eigenvalue weighted by molar-refractivity contribution is 7.16. The number of hydrogen-bond acceptors (Lipinski definition) is 4. The number of carbonyl (C=O) groups is 1. The van der Waals surface area contributed by atoms with Crippen molar-refractivity contribution in [2.75, 3.05) is 33.3 Å². The number of amides is 1. The summed E-state index contributed by atoms with van der Waals surface area (Å²) in [6.45, 7) is 2.79. The van der Waals surface area contributed by atoms with Gasteiger partial charge in [0.2, 0.25) is 5.91 Å². The summed E-state index contributed by atoms with van der Waals surface area (Å²) in [4.78, 5) is 17.3. The van der Waals surface area contributed by atoms with Crippen LogP contribution in [0.15, 0.2) is 36.4 Å². The van der Waals surface area contributed by atoms with Crippen molar-refractivity contribution in [2.45, 2.75) is 12.6 Å². The lowest BCUT2D eigenvalue weighted by atomic mass is 10.1. The van der Waals surface area contributed by atoms with E-state index in [1.165, 1.54) is 23.5 Å². The smallest absolute Gasteiger partial charge is 0.236 e. The van der Waals surface area contributed by atoms with Gasteiger partial charge in [-0.1, -0.05) is 23.7 Å². The molecule has 1 fully saturated rings. The highest BCUT2D eigenvalue weighted by Gasteiger charge is 2.24. The summed E-state index contributed by atoms with van der Waals surface area (Å²) in [7, 11) is 1.80. The van der Waals surface area contributed by atoms with Gasteiger partial charge >= 0.3 is 0 Å². The van der Waals surface area contributed by atoms with Gasteiger partial charge in [-0.25, -0.2) is 4.39 Å². The van der Waals surface area contributed by atoms with Gasteiger partial charge in [0, 0.05) is 25.0 Å². The van der Waals surface area contributed by atoms with Gasteiger partial charge in [0.05, 0.1) is 30.1 Å². The van der Waals surface area contributed by atoms with Gasteiger partial charge in [0.25, 0.3) is 0 Å². The van der Waals surface area contributed by atoms with Crippen LogP contribution in [-0.2, 0) is 16.1 Å². The number of likely N-dealkylation sites (N-methyl/N-ethyl adjacent to an activating group) is 1. The van der Waals surface area contributed by atoms with Crippen LogP contribution in [-0.4, -0.2) is 49.0 Å². The largest absolute Gasteiger partial charge is 0.371 e. The SMILES string of the molecule is CN(Cc1ccc(Cl)s1)C(=O)CN1CCO[C@@H](c2ccc(F)cc2)C1. The highest BCUT2D eigenvalue weighted by Crippen LogP contribution is 2.24. The van der Waals surface area contributed by atoms with Gasteiger partial charge in [-0.15, -0.1) is 11.3 Å². The fourth-order valence-electron chi connectivity index (χ4n) is 2.80.